The van der Waals surface area contributed by atoms with Crippen LogP contribution in [0.4, 0.5) is 10.1 Å². The molecule has 0 spiro atoms. The number of benzene rings is 1. The number of anilines is 1. The van der Waals surface area contributed by atoms with E-state index < -0.39 is 5.82 Å². The average Bonchev–Trinajstić information content (AvgIpc) is 2.40. The van der Waals surface area contributed by atoms with Crippen LogP contribution in [0.3, 0.4) is 0 Å². The first-order chi connectivity index (χ1) is 9.54. The lowest BCUT2D eigenvalue weighted by Gasteiger charge is -2.10. The summed E-state index contributed by atoms with van der Waals surface area (Å²) in [4.78, 5) is -0.0889. The van der Waals surface area contributed by atoms with Crippen LogP contribution in [0.15, 0.2) is 42.2 Å². The van der Waals surface area contributed by atoms with Gasteiger partial charge in [0.2, 0.25) is 0 Å². The highest BCUT2D eigenvalue weighted by Gasteiger charge is 2.14. The molecule has 1 aromatic rings. The molecule has 1 rings (SSSR count). The van der Waals surface area contributed by atoms with E-state index in [-0.39, 0.29) is 34.0 Å². The Hall–Kier alpha value is -2.70. The van der Waals surface area contributed by atoms with E-state index in [1.165, 1.54) is 18.2 Å². The Morgan fingerprint density at radius 3 is 2.75 bits per heavy atom. The van der Waals surface area contributed by atoms with Crippen molar-refractivity contribution in [1.29, 1.82) is 10.5 Å². The largest absolute Gasteiger partial charge is 0.510 e. The fraction of sp³-hybridized carbons (Fsp3) is 0.0714. The van der Waals surface area contributed by atoms with Crippen LogP contribution < -0.4 is 5.32 Å². The fourth-order valence-electron chi connectivity index (χ4n) is 1.41. The first-order valence-corrected chi connectivity index (χ1v) is 5.89. The number of aliphatic hydroxyl groups is 1. The van der Waals surface area contributed by atoms with Gasteiger partial charge in [-0.2, -0.15) is 10.5 Å². The third-order valence-corrected chi connectivity index (χ3v) is 2.64. The van der Waals surface area contributed by atoms with Crippen LogP contribution in [0.25, 0.3) is 0 Å². The molecule has 0 saturated heterocycles. The summed E-state index contributed by atoms with van der Waals surface area (Å²) < 4.78 is 13.4. The maximum absolute atomic E-state index is 13.4. The monoisotopic (exact) mass is 287 g/mol. The molecular formula is C14H10FN3OS. The number of nitriles is 2. The third kappa shape index (κ3) is 3.41. The number of rotatable bonds is 4. The van der Waals surface area contributed by atoms with E-state index in [1.54, 1.807) is 12.1 Å². The minimum absolute atomic E-state index is 0.0823. The van der Waals surface area contributed by atoms with Crippen LogP contribution >= 0.6 is 12.2 Å². The maximum atomic E-state index is 13.4. The van der Waals surface area contributed by atoms with Crippen molar-refractivity contribution in [3.63, 3.8) is 0 Å². The number of nitrogens with one attached hydrogen (secondary N) is 1. The fourth-order valence-corrected chi connectivity index (χ4v) is 1.69. The molecule has 0 aliphatic heterocycles. The lowest BCUT2D eigenvalue weighted by molar-refractivity contribution is 0.399. The van der Waals surface area contributed by atoms with Crippen molar-refractivity contribution in [2.45, 2.75) is 6.42 Å². The summed E-state index contributed by atoms with van der Waals surface area (Å²) in [5, 5.41) is 30.1. The zero-order valence-corrected chi connectivity index (χ0v) is 11.2. The van der Waals surface area contributed by atoms with Gasteiger partial charge in [-0.25, -0.2) is 4.39 Å². The summed E-state index contributed by atoms with van der Waals surface area (Å²) in [7, 11) is 0. The molecule has 0 aromatic heterocycles. The van der Waals surface area contributed by atoms with Gasteiger partial charge in [0, 0.05) is 6.42 Å². The van der Waals surface area contributed by atoms with Crippen LogP contribution in [0.1, 0.15) is 12.0 Å². The van der Waals surface area contributed by atoms with Crippen molar-refractivity contribution in [3.8, 4) is 12.1 Å². The highest BCUT2D eigenvalue weighted by Crippen LogP contribution is 2.19. The van der Waals surface area contributed by atoms with Gasteiger partial charge >= 0.3 is 0 Å². The Labute approximate surface area is 121 Å². The highest BCUT2D eigenvalue weighted by atomic mass is 32.1. The molecule has 0 saturated carbocycles. The summed E-state index contributed by atoms with van der Waals surface area (Å²) in [6.45, 7) is 3.44. The first kappa shape index (κ1) is 15.4. The molecular weight excluding hydrogens is 277 g/mol. The van der Waals surface area contributed by atoms with Gasteiger partial charge < -0.3 is 10.4 Å². The Morgan fingerprint density at radius 2 is 2.20 bits per heavy atom. The van der Waals surface area contributed by atoms with E-state index in [4.69, 9.17) is 22.7 Å². The molecule has 0 fully saturated rings. The van der Waals surface area contributed by atoms with E-state index in [9.17, 15) is 9.50 Å². The minimum atomic E-state index is -0.696. The zero-order valence-electron chi connectivity index (χ0n) is 10.4. The number of allylic oxidation sites excluding steroid dienone is 1. The molecule has 0 unspecified atom stereocenters. The molecule has 0 aliphatic rings. The molecule has 0 radical (unpaired) electrons. The topological polar surface area (TPSA) is 79.8 Å². The number of hydrogen-bond donors (Lipinski definition) is 2. The summed E-state index contributed by atoms with van der Waals surface area (Å²) >= 11 is 4.98. The van der Waals surface area contributed by atoms with Gasteiger partial charge in [-0.3, -0.25) is 0 Å². The van der Waals surface area contributed by atoms with Crippen LogP contribution in [0.2, 0.25) is 0 Å². The van der Waals surface area contributed by atoms with E-state index >= 15 is 0 Å². The maximum Gasteiger partial charge on any atom is 0.143 e. The quantitative estimate of drug-likeness (QED) is 0.292. The van der Waals surface area contributed by atoms with E-state index in [2.05, 4.69) is 11.9 Å². The Kier molecular flexibility index (Phi) is 5.40. The lowest BCUT2D eigenvalue weighted by atomic mass is 10.1. The predicted octanol–water partition coefficient (Wildman–Crippen LogP) is 3.35. The van der Waals surface area contributed by atoms with Crippen molar-refractivity contribution >= 4 is 22.9 Å². The van der Waals surface area contributed by atoms with Gasteiger partial charge in [-0.1, -0.05) is 24.4 Å². The van der Waals surface area contributed by atoms with E-state index in [1.807, 2.05) is 0 Å². The standard InChI is InChI=1S/C14H10FN3OS/c1-2-4-13(19)10(8-17)14(20)18-12-6-3-5-11(15)9(12)7-16/h2-3,5-6,19H,1,4H2,(H,18,20)/b13-10-. The molecule has 0 atom stereocenters. The molecule has 0 amide bonds. The van der Waals surface area contributed by atoms with Gasteiger partial charge in [0.15, 0.2) is 0 Å². The summed E-state index contributed by atoms with van der Waals surface area (Å²) in [5.74, 6) is -0.937. The summed E-state index contributed by atoms with van der Waals surface area (Å²) in [6.07, 6.45) is 1.50. The number of hydrogen-bond acceptors (Lipinski definition) is 4. The normalized spacial score (nSPS) is 10.8. The molecule has 1 aromatic carbocycles. The smallest absolute Gasteiger partial charge is 0.143 e. The molecule has 0 aliphatic carbocycles. The molecule has 0 heterocycles. The Morgan fingerprint density at radius 1 is 1.50 bits per heavy atom. The predicted molar refractivity (Wildman–Crippen MR) is 77.4 cm³/mol. The average molecular weight is 287 g/mol. The number of nitrogens with zero attached hydrogens (tertiary/aromatic N) is 2. The lowest BCUT2D eigenvalue weighted by Crippen LogP contribution is -2.14. The second-order valence-corrected chi connectivity index (χ2v) is 4.06. The number of thiocarbonyl (C=S) groups is 1. The van der Waals surface area contributed by atoms with Gasteiger partial charge in [0.05, 0.1) is 5.69 Å². The zero-order chi connectivity index (χ0) is 15.1. The number of aliphatic hydroxyl groups excluding tert-OH is 1. The SMILES string of the molecule is C=CC/C(O)=C(\C#N)C(=S)Nc1cccc(F)c1C#N. The molecule has 2 N–H and O–H groups in total. The number of halogens is 1. The first-order valence-electron chi connectivity index (χ1n) is 5.48. The Bertz CT molecular complexity index is 668. The van der Waals surface area contributed by atoms with Gasteiger partial charge in [-0.05, 0) is 12.1 Å². The minimum Gasteiger partial charge on any atom is -0.510 e. The van der Waals surface area contributed by atoms with E-state index in [0.717, 1.165) is 6.07 Å². The molecule has 4 nitrogen and oxygen atoms in total. The molecule has 100 valence electrons. The van der Waals surface area contributed by atoms with Crippen molar-refractivity contribution in [1.82, 2.24) is 0 Å². The van der Waals surface area contributed by atoms with Crippen molar-refractivity contribution in [2.75, 3.05) is 5.32 Å². The van der Waals surface area contributed by atoms with Crippen LogP contribution in [-0.2, 0) is 0 Å². The third-order valence-electron chi connectivity index (χ3n) is 2.34. The molecule has 6 heteroatoms. The van der Waals surface area contributed by atoms with Crippen molar-refractivity contribution in [3.05, 3.63) is 53.6 Å². The van der Waals surface area contributed by atoms with Gasteiger partial charge in [0.25, 0.3) is 0 Å². The van der Waals surface area contributed by atoms with Crippen LogP contribution in [-0.4, -0.2) is 10.1 Å². The van der Waals surface area contributed by atoms with Crippen molar-refractivity contribution < 1.29 is 9.50 Å². The van der Waals surface area contributed by atoms with E-state index in [0.29, 0.717) is 0 Å². The van der Waals surface area contributed by atoms with Crippen molar-refractivity contribution in [2.24, 2.45) is 0 Å². The van der Waals surface area contributed by atoms with Gasteiger partial charge in [0.1, 0.15) is 39.8 Å². The second kappa shape index (κ2) is 7.03. The molecule has 0 bridgehead atoms. The van der Waals surface area contributed by atoms with Crippen LogP contribution in [0.5, 0.6) is 0 Å². The Balaban J connectivity index is 3.12. The second-order valence-electron chi connectivity index (χ2n) is 3.65. The molecule has 20 heavy (non-hydrogen) atoms. The van der Waals surface area contributed by atoms with Crippen LogP contribution in [0, 0.1) is 28.5 Å². The highest BCUT2D eigenvalue weighted by molar-refractivity contribution is 7.81. The summed E-state index contributed by atoms with van der Waals surface area (Å²) in [5.41, 5.74) is -0.222. The summed E-state index contributed by atoms with van der Waals surface area (Å²) in [6, 6.07) is 7.46. The van der Waals surface area contributed by atoms with Gasteiger partial charge in [-0.15, -0.1) is 6.58 Å².